The maximum atomic E-state index is 12.6. The Kier molecular flexibility index (Phi) is 5.29. The van der Waals surface area contributed by atoms with Crippen LogP contribution in [-0.4, -0.2) is 17.4 Å². The Morgan fingerprint density at radius 2 is 1.94 bits per heavy atom. The minimum absolute atomic E-state index is 0.112. The molecule has 0 aromatic rings. The lowest BCUT2D eigenvalue weighted by Crippen LogP contribution is -2.34. The van der Waals surface area contributed by atoms with Gasteiger partial charge in [-0.2, -0.15) is 13.2 Å². The van der Waals surface area contributed by atoms with E-state index in [4.69, 9.17) is 0 Å². The van der Waals surface area contributed by atoms with E-state index in [2.05, 4.69) is 0 Å². The molecule has 4 heteroatoms. The molecule has 1 saturated carbocycles. The van der Waals surface area contributed by atoms with Gasteiger partial charge in [0.25, 0.3) is 0 Å². The van der Waals surface area contributed by atoms with Crippen LogP contribution in [0.15, 0.2) is 0 Å². The molecule has 1 N–H and O–H groups in total. The molecular formula is C13H23F3O. The van der Waals surface area contributed by atoms with Crippen molar-refractivity contribution < 1.29 is 18.3 Å². The van der Waals surface area contributed by atoms with Gasteiger partial charge in [-0.15, -0.1) is 0 Å². The Hall–Kier alpha value is -0.250. The number of aliphatic hydroxyl groups is 1. The summed E-state index contributed by atoms with van der Waals surface area (Å²) in [5.41, 5.74) is 0. The van der Waals surface area contributed by atoms with Crippen molar-refractivity contribution in [2.45, 2.75) is 64.7 Å². The Morgan fingerprint density at radius 3 is 2.47 bits per heavy atom. The van der Waals surface area contributed by atoms with Crippen LogP contribution in [0.4, 0.5) is 13.2 Å². The van der Waals surface area contributed by atoms with Gasteiger partial charge in [-0.1, -0.05) is 26.7 Å². The highest BCUT2D eigenvalue weighted by atomic mass is 19.4. The van der Waals surface area contributed by atoms with Gasteiger partial charge in [0.1, 0.15) is 0 Å². The Morgan fingerprint density at radius 1 is 1.29 bits per heavy atom. The average molecular weight is 252 g/mol. The van der Waals surface area contributed by atoms with Gasteiger partial charge in [0.15, 0.2) is 0 Å². The Labute approximate surface area is 101 Å². The van der Waals surface area contributed by atoms with E-state index < -0.39 is 18.2 Å². The summed E-state index contributed by atoms with van der Waals surface area (Å²) in [6.45, 7) is 4.07. The summed E-state index contributed by atoms with van der Waals surface area (Å²) < 4.78 is 37.9. The molecule has 1 aliphatic carbocycles. The van der Waals surface area contributed by atoms with E-state index in [1.165, 1.54) is 0 Å². The molecule has 0 aromatic heterocycles. The predicted molar refractivity (Wildman–Crippen MR) is 61.6 cm³/mol. The van der Waals surface area contributed by atoms with Gasteiger partial charge >= 0.3 is 6.18 Å². The first-order valence-corrected chi connectivity index (χ1v) is 6.59. The van der Waals surface area contributed by atoms with E-state index in [1.54, 1.807) is 0 Å². The van der Waals surface area contributed by atoms with Gasteiger partial charge in [0.05, 0.1) is 12.0 Å². The van der Waals surface area contributed by atoms with E-state index in [1.807, 2.05) is 13.8 Å². The second-order valence-electron chi connectivity index (χ2n) is 5.48. The number of hydrogen-bond donors (Lipinski definition) is 1. The van der Waals surface area contributed by atoms with Crippen LogP contribution in [0.3, 0.4) is 0 Å². The van der Waals surface area contributed by atoms with Gasteiger partial charge < -0.3 is 5.11 Å². The lowest BCUT2D eigenvalue weighted by molar-refractivity contribution is -0.189. The molecule has 4 atom stereocenters. The van der Waals surface area contributed by atoms with Crippen LogP contribution in [0.1, 0.15) is 52.4 Å². The summed E-state index contributed by atoms with van der Waals surface area (Å²) >= 11 is 0. The number of rotatable bonds is 4. The third-order valence-electron chi connectivity index (χ3n) is 4.06. The molecule has 0 aromatic carbocycles. The number of halogens is 3. The summed E-state index contributed by atoms with van der Waals surface area (Å²) in [6, 6.07) is 0. The maximum absolute atomic E-state index is 12.6. The standard InChI is InChI=1S/C13H23F3O/c1-3-9(2)7-12(17)10-5-4-6-11(8-10)13(14,15)16/h9-12,17H,3-8H2,1-2H3. The van der Waals surface area contributed by atoms with Crippen molar-refractivity contribution in [2.24, 2.45) is 17.8 Å². The minimum atomic E-state index is -4.09. The number of alkyl halides is 3. The van der Waals surface area contributed by atoms with E-state index in [9.17, 15) is 18.3 Å². The second-order valence-corrected chi connectivity index (χ2v) is 5.48. The molecule has 4 unspecified atom stereocenters. The zero-order valence-corrected chi connectivity index (χ0v) is 10.6. The van der Waals surface area contributed by atoms with Crippen LogP contribution in [0.25, 0.3) is 0 Å². The molecular weight excluding hydrogens is 229 g/mol. The largest absolute Gasteiger partial charge is 0.393 e. The van der Waals surface area contributed by atoms with Gasteiger partial charge in [-0.3, -0.25) is 0 Å². The van der Waals surface area contributed by atoms with Crippen molar-refractivity contribution in [1.82, 2.24) is 0 Å². The summed E-state index contributed by atoms with van der Waals surface area (Å²) in [5.74, 6) is -0.978. The molecule has 0 aliphatic heterocycles. The zero-order chi connectivity index (χ0) is 13.1. The average Bonchev–Trinajstić information content (AvgIpc) is 2.28. The molecule has 0 saturated heterocycles. The zero-order valence-electron chi connectivity index (χ0n) is 10.6. The first-order valence-electron chi connectivity index (χ1n) is 6.59. The minimum Gasteiger partial charge on any atom is -0.393 e. The topological polar surface area (TPSA) is 20.2 Å². The van der Waals surface area contributed by atoms with Crippen molar-refractivity contribution in [3.8, 4) is 0 Å². The van der Waals surface area contributed by atoms with Gasteiger partial charge in [-0.25, -0.2) is 0 Å². The van der Waals surface area contributed by atoms with Crippen molar-refractivity contribution >= 4 is 0 Å². The first-order chi connectivity index (χ1) is 7.84. The van der Waals surface area contributed by atoms with Gasteiger partial charge in [0, 0.05) is 0 Å². The fraction of sp³-hybridized carbons (Fsp3) is 1.00. The molecule has 0 heterocycles. The smallest absolute Gasteiger partial charge is 0.391 e. The van der Waals surface area contributed by atoms with E-state index >= 15 is 0 Å². The summed E-state index contributed by atoms with van der Waals surface area (Å²) in [5, 5.41) is 9.99. The molecule has 17 heavy (non-hydrogen) atoms. The van der Waals surface area contributed by atoms with Gasteiger partial charge in [-0.05, 0) is 37.5 Å². The molecule has 0 amide bonds. The third kappa shape index (κ3) is 4.49. The highest BCUT2D eigenvalue weighted by Crippen LogP contribution is 2.41. The number of hydrogen-bond acceptors (Lipinski definition) is 1. The van der Waals surface area contributed by atoms with Crippen LogP contribution in [0, 0.1) is 17.8 Å². The molecule has 1 rings (SSSR count). The van der Waals surface area contributed by atoms with Crippen LogP contribution >= 0.6 is 0 Å². The molecule has 1 nitrogen and oxygen atoms in total. The van der Waals surface area contributed by atoms with Crippen molar-refractivity contribution in [3.63, 3.8) is 0 Å². The summed E-state index contributed by atoms with van der Waals surface area (Å²) in [4.78, 5) is 0. The van der Waals surface area contributed by atoms with Crippen LogP contribution in [-0.2, 0) is 0 Å². The van der Waals surface area contributed by atoms with E-state index in [0.29, 0.717) is 18.8 Å². The molecule has 1 fully saturated rings. The predicted octanol–water partition coefficient (Wildman–Crippen LogP) is 4.15. The SMILES string of the molecule is CCC(C)CC(O)C1CCCC(C(F)(F)F)C1. The highest BCUT2D eigenvalue weighted by Gasteiger charge is 2.43. The fourth-order valence-corrected chi connectivity index (χ4v) is 2.65. The second kappa shape index (κ2) is 6.07. The number of aliphatic hydroxyl groups excluding tert-OH is 1. The molecule has 0 spiro atoms. The van der Waals surface area contributed by atoms with E-state index in [0.717, 1.165) is 12.8 Å². The molecule has 0 bridgehead atoms. The summed E-state index contributed by atoms with van der Waals surface area (Å²) in [7, 11) is 0. The third-order valence-corrected chi connectivity index (χ3v) is 4.06. The van der Waals surface area contributed by atoms with Crippen LogP contribution in [0.2, 0.25) is 0 Å². The van der Waals surface area contributed by atoms with Crippen molar-refractivity contribution in [1.29, 1.82) is 0 Å². The van der Waals surface area contributed by atoms with Gasteiger partial charge in [0.2, 0.25) is 0 Å². The molecule has 0 radical (unpaired) electrons. The van der Waals surface area contributed by atoms with Crippen molar-refractivity contribution in [2.75, 3.05) is 0 Å². The van der Waals surface area contributed by atoms with E-state index in [-0.39, 0.29) is 18.8 Å². The quantitative estimate of drug-likeness (QED) is 0.796. The molecule has 1 aliphatic rings. The normalized spacial score (nSPS) is 30.0. The monoisotopic (exact) mass is 252 g/mol. The van der Waals surface area contributed by atoms with Crippen molar-refractivity contribution in [3.05, 3.63) is 0 Å². The fourth-order valence-electron chi connectivity index (χ4n) is 2.65. The van der Waals surface area contributed by atoms with Crippen LogP contribution < -0.4 is 0 Å². The summed E-state index contributed by atoms with van der Waals surface area (Å²) in [6.07, 6.45) is -1.38. The lowest BCUT2D eigenvalue weighted by Gasteiger charge is -2.34. The van der Waals surface area contributed by atoms with Crippen LogP contribution in [0.5, 0.6) is 0 Å². The first kappa shape index (κ1) is 14.8. The Bertz CT molecular complexity index is 227. The Balaban J connectivity index is 2.49. The molecule has 102 valence electrons. The lowest BCUT2D eigenvalue weighted by atomic mass is 9.76. The maximum Gasteiger partial charge on any atom is 0.391 e. The highest BCUT2D eigenvalue weighted by molar-refractivity contribution is 4.82.